The Kier molecular flexibility index (Phi) is 5.02. The predicted molar refractivity (Wildman–Crippen MR) is 104 cm³/mol. The maximum Gasteiger partial charge on any atom is 0.422 e. The molecule has 29 heavy (non-hydrogen) atoms. The van der Waals surface area contributed by atoms with Crippen molar-refractivity contribution in [2.24, 2.45) is 13.0 Å². The molecule has 1 N–H and O–H groups in total. The van der Waals surface area contributed by atoms with E-state index in [-0.39, 0.29) is 28.8 Å². The molecule has 0 saturated heterocycles. The molecule has 3 aromatic rings. The molecule has 0 aliphatic heterocycles. The first-order valence-electron chi connectivity index (χ1n) is 9.22. The minimum atomic E-state index is -4.37. The normalized spacial score (nSPS) is 19.9. The van der Waals surface area contributed by atoms with Gasteiger partial charge in [0.25, 0.3) is 0 Å². The third kappa shape index (κ3) is 4.39. The molecular formula is C20H20F3N3O2S. The Balaban J connectivity index is 1.35. The quantitative estimate of drug-likeness (QED) is 0.633. The van der Waals surface area contributed by atoms with Crippen molar-refractivity contribution in [2.75, 3.05) is 6.61 Å². The van der Waals surface area contributed by atoms with Gasteiger partial charge in [-0.2, -0.15) is 18.3 Å². The van der Waals surface area contributed by atoms with Crippen molar-refractivity contribution in [3.63, 3.8) is 0 Å². The van der Waals surface area contributed by atoms with Crippen molar-refractivity contribution in [2.45, 2.75) is 31.5 Å². The first-order valence-corrected chi connectivity index (χ1v) is 10.0. The highest BCUT2D eigenvalue weighted by atomic mass is 32.1. The molecule has 1 amide bonds. The SMILES string of the molecule is C[C@@H](NC(=O)[C@@H]1C[C@H]1c1ccc2cnn(C)c2c1)c1ccc(OCC(F)(F)F)s1. The van der Waals surface area contributed by atoms with Crippen molar-refractivity contribution in [3.8, 4) is 5.06 Å². The molecule has 1 fully saturated rings. The molecule has 1 aliphatic carbocycles. The van der Waals surface area contributed by atoms with Crippen LogP contribution in [0.5, 0.6) is 5.06 Å². The number of nitrogens with one attached hydrogen (secondary N) is 1. The number of hydrogen-bond acceptors (Lipinski definition) is 4. The molecule has 0 radical (unpaired) electrons. The van der Waals surface area contributed by atoms with E-state index < -0.39 is 12.8 Å². The summed E-state index contributed by atoms with van der Waals surface area (Å²) in [5, 5.41) is 8.45. The number of alkyl halides is 3. The number of amides is 1. The zero-order valence-electron chi connectivity index (χ0n) is 15.9. The highest BCUT2D eigenvalue weighted by Crippen LogP contribution is 2.48. The second kappa shape index (κ2) is 7.37. The van der Waals surface area contributed by atoms with E-state index in [4.69, 9.17) is 4.74 Å². The second-order valence-electron chi connectivity index (χ2n) is 7.33. The van der Waals surface area contributed by atoms with E-state index in [0.717, 1.165) is 39.1 Å². The molecule has 154 valence electrons. The molecule has 0 bridgehead atoms. The Bertz CT molecular complexity index is 1040. The minimum Gasteiger partial charge on any atom is -0.475 e. The zero-order valence-corrected chi connectivity index (χ0v) is 16.7. The van der Waals surface area contributed by atoms with E-state index in [0.29, 0.717) is 0 Å². The number of halogens is 3. The van der Waals surface area contributed by atoms with Crippen LogP contribution in [0.4, 0.5) is 13.2 Å². The van der Waals surface area contributed by atoms with Gasteiger partial charge < -0.3 is 10.1 Å². The summed E-state index contributed by atoms with van der Waals surface area (Å²) >= 11 is 1.11. The summed E-state index contributed by atoms with van der Waals surface area (Å²) in [6, 6.07) is 9.01. The van der Waals surface area contributed by atoms with Crippen LogP contribution in [0.15, 0.2) is 36.5 Å². The van der Waals surface area contributed by atoms with Gasteiger partial charge in [0.2, 0.25) is 5.91 Å². The van der Waals surface area contributed by atoms with Crippen LogP contribution >= 0.6 is 11.3 Å². The molecule has 0 unspecified atom stereocenters. The van der Waals surface area contributed by atoms with Crippen LogP contribution in [0.2, 0.25) is 0 Å². The molecule has 3 atom stereocenters. The minimum absolute atomic E-state index is 0.0428. The molecule has 2 heterocycles. The van der Waals surface area contributed by atoms with Crippen LogP contribution in [0.1, 0.15) is 35.7 Å². The highest BCUT2D eigenvalue weighted by Gasteiger charge is 2.44. The lowest BCUT2D eigenvalue weighted by Gasteiger charge is -2.12. The average Bonchev–Trinajstić information content (AvgIpc) is 3.18. The van der Waals surface area contributed by atoms with Gasteiger partial charge in [-0.1, -0.05) is 12.1 Å². The smallest absolute Gasteiger partial charge is 0.422 e. The molecule has 9 heteroatoms. The van der Waals surface area contributed by atoms with Gasteiger partial charge in [0, 0.05) is 23.2 Å². The van der Waals surface area contributed by atoms with Crippen molar-refractivity contribution >= 4 is 28.1 Å². The fourth-order valence-electron chi connectivity index (χ4n) is 3.43. The van der Waals surface area contributed by atoms with Crippen LogP contribution in [0.25, 0.3) is 10.9 Å². The summed E-state index contributed by atoms with van der Waals surface area (Å²) in [6.45, 7) is 0.495. The Hall–Kier alpha value is -2.55. The van der Waals surface area contributed by atoms with E-state index >= 15 is 0 Å². The van der Waals surface area contributed by atoms with E-state index in [9.17, 15) is 18.0 Å². The van der Waals surface area contributed by atoms with Gasteiger partial charge in [0.15, 0.2) is 11.7 Å². The lowest BCUT2D eigenvalue weighted by Crippen LogP contribution is -2.27. The number of benzene rings is 1. The summed E-state index contributed by atoms with van der Waals surface area (Å²) in [6.07, 6.45) is -1.78. The third-order valence-electron chi connectivity index (χ3n) is 5.09. The summed E-state index contributed by atoms with van der Waals surface area (Å²) in [5.74, 6) is 0.0401. The van der Waals surface area contributed by atoms with E-state index in [2.05, 4.69) is 16.5 Å². The Morgan fingerprint density at radius 2 is 2.17 bits per heavy atom. The van der Waals surface area contributed by atoms with Gasteiger partial charge >= 0.3 is 6.18 Å². The Labute approximate surface area is 169 Å². The maximum atomic E-state index is 12.6. The van der Waals surface area contributed by atoms with Gasteiger partial charge in [0.05, 0.1) is 17.8 Å². The number of hydrogen-bond donors (Lipinski definition) is 1. The summed E-state index contributed by atoms with van der Waals surface area (Å²) in [4.78, 5) is 13.4. The number of carbonyl (C=O) groups is 1. The maximum absolute atomic E-state index is 12.6. The summed E-state index contributed by atoms with van der Waals surface area (Å²) < 4.78 is 43.3. The molecule has 0 spiro atoms. The number of aryl methyl sites for hydroxylation is 1. The summed E-state index contributed by atoms with van der Waals surface area (Å²) in [5.41, 5.74) is 2.15. The molecular weight excluding hydrogens is 403 g/mol. The molecule has 1 saturated carbocycles. The molecule has 4 rings (SSSR count). The monoisotopic (exact) mass is 423 g/mol. The van der Waals surface area contributed by atoms with Crippen molar-refractivity contribution in [1.29, 1.82) is 0 Å². The average molecular weight is 423 g/mol. The van der Waals surface area contributed by atoms with Crippen LogP contribution < -0.4 is 10.1 Å². The first kappa shape index (κ1) is 19.8. The highest BCUT2D eigenvalue weighted by molar-refractivity contribution is 7.13. The third-order valence-corrected chi connectivity index (χ3v) is 6.27. The first-order chi connectivity index (χ1) is 13.7. The van der Waals surface area contributed by atoms with Crippen LogP contribution in [-0.4, -0.2) is 28.5 Å². The fourth-order valence-corrected chi connectivity index (χ4v) is 4.29. The molecule has 1 aliphatic rings. The van der Waals surface area contributed by atoms with Gasteiger partial charge in [-0.05, 0) is 43.0 Å². The number of aromatic nitrogens is 2. The fraction of sp³-hybridized carbons (Fsp3) is 0.400. The van der Waals surface area contributed by atoms with Crippen LogP contribution in [0, 0.1) is 5.92 Å². The molecule has 1 aromatic carbocycles. The van der Waals surface area contributed by atoms with Crippen LogP contribution in [0.3, 0.4) is 0 Å². The van der Waals surface area contributed by atoms with Crippen molar-refractivity contribution in [1.82, 2.24) is 15.1 Å². The van der Waals surface area contributed by atoms with E-state index in [1.807, 2.05) is 37.0 Å². The summed E-state index contributed by atoms with van der Waals surface area (Å²) in [7, 11) is 1.89. The van der Waals surface area contributed by atoms with Crippen LogP contribution in [-0.2, 0) is 11.8 Å². The van der Waals surface area contributed by atoms with Gasteiger partial charge in [-0.25, -0.2) is 0 Å². The topological polar surface area (TPSA) is 56.2 Å². The molecule has 5 nitrogen and oxygen atoms in total. The number of thiophene rings is 1. The number of rotatable bonds is 6. The predicted octanol–water partition coefficient (Wildman–Crippen LogP) is 4.56. The van der Waals surface area contributed by atoms with E-state index in [1.165, 1.54) is 6.07 Å². The van der Waals surface area contributed by atoms with Crippen molar-refractivity contribution < 1.29 is 22.7 Å². The number of fused-ring (bicyclic) bond motifs is 1. The van der Waals surface area contributed by atoms with Gasteiger partial charge in [-0.15, -0.1) is 11.3 Å². The van der Waals surface area contributed by atoms with Gasteiger partial charge in [0.1, 0.15) is 0 Å². The van der Waals surface area contributed by atoms with Gasteiger partial charge in [-0.3, -0.25) is 9.48 Å². The Morgan fingerprint density at radius 1 is 1.38 bits per heavy atom. The largest absolute Gasteiger partial charge is 0.475 e. The Morgan fingerprint density at radius 3 is 2.93 bits per heavy atom. The zero-order chi connectivity index (χ0) is 20.8. The second-order valence-corrected chi connectivity index (χ2v) is 8.40. The molecule has 2 aromatic heterocycles. The standard InChI is InChI=1S/C20H20F3N3O2S/c1-11(17-5-6-18(29-17)28-10-20(21,22)23)25-19(27)15-8-14(15)12-3-4-13-9-24-26(2)16(13)7-12/h3-7,9,11,14-15H,8,10H2,1-2H3,(H,25,27)/t11-,14+,15-/m1/s1. The lowest BCUT2D eigenvalue weighted by molar-refractivity contribution is -0.152. The number of nitrogens with zero attached hydrogens (tertiary/aromatic N) is 2. The lowest BCUT2D eigenvalue weighted by atomic mass is 10.1. The number of ether oxygens (including phenoxy) is 1. The van der Waals surface area contributed by atoms with E-state index in [1.54, 1.807) is 6.07 Å². The number of carbonyl (C=O) groups excluding carboxylic acids is 1. The van der Waals surface area contributed by atoms with Crippen molar-refractivity contribution in [3.05, 3.63) is 47.0 Å².